The van der Waals surface area contributed by atoms with Crippen LogP contribution in [0.15, 0.2) is 24.5 Å². The highest BCUT2D eigenvalue weighted by Crippen LogP contribution is 2.17. The van der Waals surface area contributed by atoms with Gasteiger partial charge in [0.25, 0.3) is 0 Å². The van der Waals surface area contributed by atoms with E-state index in [2.05, 4.69) is 10.3 Å². The fourth-order valence-electron chi connectivity index (χ4n) is 2.02. The van der Waals surface area contributed by atoms with Crippen molar-refractivity contribution in [1.29, 1.82) is 0 Å². The SMILES string of the molecule is CN(C(=O)[C@@H]1CCCNC1)c1cccnc1. The van der Waals surface area contributed by atoms with Crippen LogP contribution in [0.3, 0.4) is 0 Å². The Morgan fingerprint density at radius 3 is 3.12 bits per heavy atom. The summed E-state index contributed by atoms with van der Waals surface area (Å²) in [6, 6.07) is 3.75. The van der Waals surface area contributed by atoms with E-state index in [0.29, 0.717) is 0 Å². The molecule has 0 saturated carbocycles. The van der Waals surface area contributed by atoms with Gasteiger partial charge < -0.3 is 10.2 Å². The number of pyridine rings is 1. The molecule has 1 saturated heterocycles. The molecule has 0 aliphatic carbocycles. The molecule has 1 aliphatic rings. The zero-order valence-electron chi connectivity index (χ0n) is 9.52. The van der Waals surface area contributed by atoms with Crippen LogP contribution < -0.4 is 10.2 Å². The molecule has 0 bridgehead atoms. The molecule has 2 rings (SSSR count). The molecule has 1 N–H and O–H groups in total. The maximum absolute atomic E-state index is 12.2. The minimum atomic E-state index is 0.110. The lowest BCUT2D eigenvalue weighted by Gasteiger charge is -2.26. The van der Waals surface area contributed by atoms with Crippen LogP contribution >= 0.6 is 0 Å². The van der Waals surface area contributed by atoms with E-state index in [1.54, 1.807) is 17.3 Å². The second kappa shape index (κ2) is 5.07. The zero-order valence-corrected chi connectivity index (χ0v) is 9.52. The first kappa shape index (κ1) is 11.1. The first-order valence-corrected chi connectivity index (χ1v) is 5.67. The molecule has 0 radical (unpaired) electrons. The van der Waals surface area contributed by atoms with Gasteiger partial charge in [-0.05, 0) is 31.5 Å². The third-order valence-electron chi connectivity index (χ3n) is 3.01. The number of hydrogen-bond donors (Lipinski definition) is 1. The molecular weight excluding hydrogens is 202 g/mol. The Balaban J connectivity index is 2.04. The Morgan fingerprint density at radius 2 is 2.50 bits per heavy atom. The van der Waals surface area contributed by atoms with Crippen LogP contribution in [-0.4, -0.2) is 31.0 Å². The van der Waals surface area contributed by atoms with Crippen LogP contribution in [0.1, 0.15) is 12.8 Å². The Bertz CT molecular complexity index is 347. The molecule has 2 heterocycles. The monoisotopic (exact) mass is 219 g/mol. The van der Waals surface area contributed by atoms with Crippen LogP contribution in [0, 0.1) is 5.92 Å². The molecule has 4 heteroatoms. The van der Waals surface area contributed by atoms with Gasteiger partial charge in [-0.25, -0.2) is 0 Å². The number of piperidine rings is 1. The van der Waals surface area contributed by atoms with E-state index >= 15 is 0 Å². The minimum Gasteiger partial charge on any atom is -0.316 e. The van der Waals surface area contributed by atoms with E-state index in [9.17, 15) is 4.79 Å². The number of aromatic nitrogens is 1. The molecule has 16 heavy (non-hydrogen) atoms. The number of anilines is 1. The highest BCUT2D eigenvalue weighted by Gasteiger charge is 2.24. The largest absolute Gasteiger partial charge is 0.316 e. The number of amides is 1. The van der Waals surface area contributed by atoms with Gasteiger partial charge in [-0.1, -0.05) is 0 Å². The van der Waals surface area contributed by atoms with Crippen LogP contribution in [0.25, 0.3) is 0 Å². The molecule has 1 amide bonds. The molecular formula is C12H17N3O. The lowest BCUT2D eigenvalue weighted by Crippen LogP contribution is -2.41. The molecule has 0 aromatic carbocycles. The normalized spacial score (nSPS) is 20.4. The number of nitrogens with one attached hydrogen (secondary N) is 1. The maximum Gasteiger partial charge on any atom is 0.231 e. The van der Waals surface area contributed by atoms with Gasteiger partial charge in [-0.15, -0.1) is 0 Å². The number of nitrogens with zero attached hydrogens (tertiary/aromatic N) is 2. The Hall–Kier alpha value is -1.42. The minimum absolute atomic E-state index is 0.110. The van der Waals surface area contributed by atoms with Gasteiger partial charge in [-0.3, -0.25) is 9.78 Å². The van der Waals surface area contributed by atoms with Crippen molar-refractivity contribution in [1.82, 2.24) is 10.3 Å². The molecule has 1 aliphatic heterocycles. The van der Waals surface area contributed by atoms with Crippen molar-refractivity contribution in [2.45, 2.75) is 12.8 Å². The fraction of sp³-hybridized carbons (Fsp3) is 0.500. The molecule has 0 unspecified atom stereocenters. The lowest BCUT2D eigenvalue weighted by atomic mass is 9.98. The Kier molecular flexibility index (Phi) is 3.51. The average molecular weight is 219 g/mol. The van der Waals surface area contributed by atoms with Crippen LogP contribution in [0.2, 0.25) is 0 Å². The number of hydrogen-bond acceptors (Lipinski definition) is 3. The molecule has 4 nitrogen and oxygen atoms in total. The predicted octanol–water partition coefficient (Wildman–Crippen LogP) is 1.04. The third kappa shape index (κ3) is 2.39. The topological polar surface area (TPSA) is 45.2 Å². The van der Waals surface area contributed by atoms with E-state index < -0.39 is 0 Å². The van der Waals surface area contributed by atoms with Crippen molar-refractivity contribution < 1.29 is 4.79 Å². The van der Waals surface area contributed by atoms with Crippen LogP contribution in [0.4, 0.5) is 5.69 Å². The molecule has 1 fully saturated rings. The van der Waals surface area contributed by atoms with E-state index in [4.69, 9.17) is 0 Å². The van der Waals surface area contributed by atoms with Crippen molar-refractivity contribution >= 4 is 11.6 Å². The summed E-state index contributed by atoms with van der Waals surface area (Å²) in [7, 11) is 1.81. The standard InChI is InChI=1S/C12H17N3O/c1-15(11-5-3-7-14-9-11)12(16)10-4-2-6-13-8-10/h3,5,7,9-10,13H,2,4,6,8H2,1H3/t10-/m1/s1. The van der Waals surface area contributed by atoms with E-state index in [1.807, 2.05) is 19.2 Å². The Labute approximate surface area is 95.7 Å². The first-order valence-electron chi connectivity index (χ1n) is 5.67. The molecule has 0 spiro atoms. The molecule has 1 aromatic heterocycles. The summed E-state index contributed by atoms with van der Waals surface area (Å²) < 4.78 is 0. The van der Waals surface area contributed by atoms with Gasteiger partial charge in [-0.2, -0.15) is 0 Å². The van der Waals surface area contributed by atoms with Gasteiger partial charge in [0.15, 0.2) is 0 Å². The van der Waals surface area contributed by atoms with Crippen molar-refractivity contribution in [3.05, 3.63) is 24.5 Å². The van der Waals surface area contributed by atoms with Crippen molar-refractivity contribution in [3.8, 4) is 0 Å². The zero-order chi connectivity index (χ0) is 11.4. The summed E-state index contributed by atoms with van der Waals surface area (Å²) in [5.74, 6) is 0.291. The van der Waals surface area contributed by atoms with Crippen molar-refractivity contribution in [2.24, 2.45) is 5.92 Å². The average Bonchev–Trinajstić information content (AvgIpc) is 2.39. The second-order valence-electron chi connectivity index (χ2n) is 4.15. The van der Waals surface area contributed by atoms with E-state index in [1.165, 1.54) is 0 Å². The molecule has 1 atom stereocenters. The maximum atomic E-state index is 12.2. The van der Waals surface area contributed by atoms with Crippen molar-refractivity contribution in [3.63, 3.8) is 0 Å². The summed E-state index contributed by atoms with van der Waals surface area (Å²) in [5, 5.41) is 3.26. The van der Waals surface area contributed by atoms with E-state index in [0.717, 1.165) is 31.6 Å². The summed E-state index contributed by atoms with van der Waals surface area (Å²) in [5.41, 5.74) is 0.859. The van der Waals surface area contributed by atoms with E-state index in [-0.39, 0.29) is 11.8 Å². The first-order chi connectivity index (χ1) is 7.79. The summed E-state index contributed by atoms with van der Waals surface area (Å²) >= 11 is 0. The molecule has 86 valence electrons. The van der Waals surface area contributed by atoms with Gasteiger partial charge in [0.05, 0.1) is 17.8 Å². The fourth-order valence-corrected chi connectivity index (χ4v) is 2.02. The second-order valence-corrected chi connectivity index (χ2v) is 4.15. The quantitative estimate of drug-likeness (QED) is 0.808. The van der Waals surface area contributed by atoms with Crippen molar-refractivity contribution in [2.75, 3.05) is 25.0 Å². The predicted molar refractivity (Wildman–Crippen MR) is 63.2 cm³/mol. The summed E-state index contributed by atoms with van der Waals surface area (Å²) in [6.45, 7) is 1.82. The summed E-state index contributed by atoms with van der Waals surface area (Å²) in [4.78, 5) is 17.9. The number of carbonyl (C=O) groups is 1. The lowest BCUT2D eigenvalue weighted by molar-refractivity contribution is -0.122. The summed E-state index contributed by atoms with van der Waals surface area (Å²) in [6.07, 6.45) is 5.49. The highest BCUT2D eigenvalue weighted by molar-refractivity contribution is 5.94. The van der Waals surface area contributed by atoms with Gasteiger partial charge in [0, 0.05) is 19.8 Å². The number of carbonyl (C=O) groups excluding carboxylic acids is 1. The van der Waals surface area contributed by atoms with Crippen LogP contribution in [-0.2, 0) is 4.79 Å². The Morgan fingerprint density at radius 1 is 1.62 bits per heavy atom. The molecule has 1 aromatic rings. The van der Waals surface area contributed by atoms with Crippen LogP contribution in [0.5, 0.6) is 0 Å². The highest BCUT2D eigenvalue weighted by atomic mass is 16.2. The smallest absolute Gasteiger partial charge is 0.231 e. The third-order valence-corrected chi connectivity index (χ3v) is 3.01. The van der Waals surface area contributed by atoms with Gasteiger partial charge in [0.2, 0.25) is 5.91 Å². The van der Waals surface area contributed by atoms with Gasteiger partial charge >= 0.3 is 0 Å². The van der Waals surface area contributed by atoms with Gasteiger partial charge in [0.1, 0.15) is 0 Å². The number of rotatable bonds is 2.